The second-order valence-electron chi connectivity index (χ2n) is 9.36. The van der Waals surface area contributed by atoms with Crippen molar-refractivity contribution in [3.05, 3.63) is 0 Å². The molecular formula is C26H52O. The van der Waals surface area contributed by atoms with Gasteiger partial charge in [0, 0.05) is 0 Å². The molecule has 1 saturated carbocycles. The summed E-state index contributed by atoms with van der Waals surface area (Å²) in [5.41, 5.74) is 0. The first-order valence-electron chi connectivity index (χ1n) is 13.1. The van der Waals surface area contributed by atoms with E-state index in [1.807, 2.05) is 0 Å². The van der Waals surface area contributed by atoms with Crippen molar-refractivity contribution in [2.24, 2.45) is 0 Å². The maximum atomic E-state index is 10.1. The lowest BCUT2D eigenvalue weighted by molar-refractivity contribution is 0.147. The Morgan fingerprint density at radius 3 is 0.593 bits per heavy atom. The van der Waals surface area contributed by atoms with Crippen LogP contribution >= 0.6 is 0 Å². The van der Waals surface area contributed by atoms with Gasteiger partial charge in [-0.25, -0.2) is 0 Å². The zero-order chi connectivity index (χ0) is 19.3. The van der Waals surface area contributed by atoms with E-state index in [1.165, 1.54) is 148 Å². The summed E-state index contributed by atoms with van der Waals surface area (Å²) in [6.07, 6.45) is 34.7. The van der Waals surface area contributed by atoms with Crippen LogP contribution in [0.1, 0.15) is 161 Å². The van der Waals surface area contributed by atoms with Gasteiger partial charge in [-0.1, -0.05) is 148 Å². The number of aliphatic hydroxyl groups is 1. The Hall–Kier alpha value is -0.0400. The van der Waals surface area contributed by atoms with Gasteiger partial charge in [-0.15, -0.1) is 0 Å². The standard InChI is InChI=1S/C26H52O/c27-26-24-22-20-18-16-14-12-10-8-6-4-2-1-3-5-7-9-11-13-15-17-19-21-23-25-26/h26-27H,1-25H2. The number of hydrogen-bond acceptors (Lipinski definition) is 1. The highest BCUT2D eigenvalue weighted by atomic mass is 16.3. The highest BCUT2D eigenvalue weighted by molar-refractivity contribution is 4.58. The average molecular weight is 381 g/mol. The van der Waals surface area contributed by atoms with Gasteiger partial charge in [-0.2, -0.15) is 0 Å². The van der Waals surface area contributed by atoms with E-state index in [-0.39, 0.29) is 6.10 Å². The minimum absolute atomic E-state index is 0.0245. The monoisotopic (exact) mass is 380 g/mol. The van der Waals surface area contributed by atoms with Crippen LogP contribution in [0.3, 0.4) is 0 Å². The van der Waals surface area contributed by atoms with Crippen LogP contribution in [-0.4, -0.2) is 11.2 Å². The Labute approximate surface area is 172 Å². The van der Waals surface area contributed by atoms with Gasteiger partial charge in [0.2, 0.25) is 0 Å². The van der Waals surface area contributed by atoms with Crippen LogP contribution in [0.25, 0.3) is 0 Å². The van der Waals surface area contributed by atoms with Gasteiger partial charge in [-0.3, -0.25) is 0 Å². The van der Waals surface area contributed by atoms with Crippen LogP contribution in [0.15, 0.2) is 0 Å². The van der Waals surface area contributed by atoms with Gasteiger partial charge in [-0.05, 0) is 12.8 Å². The molecule has 0 unspecified atom stereocenters. The normalized spacial score (nSPS) is 24.3. The Kier molecular flexibility index (Phi) is 19.2. The highest BCUT2D eigenvalue weighted by Crippen LogP contribution is 2.17. The molecule has 1 nitrogen and oxygen atoms in total. The minimum Gasteiger partial charge on any atom is -0.393 e. The molecule has 0 aromatic rings. The Morgan fingerprint density at radius 1 is 0.259 bits per heavy atom. The van der Waals surface area contributed by atoms with E-state index in [0.29, 0.717) is 0 Å². The van der Waals surface area contributed by atoms with Crippen molar-refractivity contribution >= 4 is 0 Å². The first-order valence-corrected chi connectivity index (χ1v) is 13.1. The predicted octanol–water partition coefficient (Wildman–Crippen LogP) is 9.11. The molecule has 0 aliphatic heterocycles. The van der Waals surface area contributed by atoms with Crippen molar-refractivity contribution in [3.8, 4) is 0 Å². The zero-order valence-electron chi connectivity index (χ0n) is 18.7. The van der Waals surface area contributed by atoms with Crippen molar-refractivity contribution in [3.63, 3.8) is 0 Å². The summed E-state index contributed by atoms with van der Waals surface area (Å²) in [5, 5.41) is 10.1. The molecule has 0 atom stereocenters. The smallest absolute Gasteiger partial charge is 0.0540 e. The van der Waals surface area contributed by atoms with E-state index in [4.69, 9.17) is 0 Å². The van der Waals surface area contributed by atoms with Crippen molar-refractivity contribution in [1.29, 1.82) is 0 Å². The van der Waals surface area contributed by atoms with E-state index in [2.05, 4.69) is 0 Å². The lowest BCUT2D eigenvalue weighted by Crippen LogP contribution is -2.05. The molecule has 0 saturated heterocycles. The topological polar surface area (TPSA) is 20.2 Å². The first-order chi connectivity index (χ1) is 13.4. The summed E-state index contributed by atoms with van der Waals surface area (Å²) in [7, 11) is 0. The van der Waals surface area contributed by atoms with Crippen LogP contribution in [0, 0.1) is 0 Å². The molecule has 1 fully saturated rings. The second kappa shape index (κ2) is 20.7. The lowest BCUT2D eigenvalue weighted by Gasteiger charge is -2.10. The Balaban J connectivity index is 2.06. The molecule has 1 heteroatoms. The maximum absolute atomic E-state index is 10.1. The molecule has 0 amide bonds. The summed E-state index contributed by atoms with van der Waals surface area (Å²) in [5.74, 6) is 0. The largest absolute Gasteiger partial charge is 0.393 e. The second-order valence-corrected chi connectivity index (χ2v) is 9.36. The van der Waals surface area contributed by atoms with Gasteiger partial charge in [0.15, 0.2) is 0 Å². The lowest BCUT2D eigenvalue weighted by atomic mass is 10.0. The van der Waals surface area contributed by atoms with E-state index in [1.54, 1.807) is 0 Å². The predicted molar refractivity (Wildman–Crippen MR) is 121 cm³/mol. The molecule has 1 aliphatic carbocycles. The van der Waals surface area contributed by atoms with E-state index >= 15 is 0 Å². The molecule has 0 aromatic heterocycles. The van der Waals surface area contributed by atoms with Crippen molar-refractivity contribution in [2.75, 3.05) is 0 Å². The quantitative estimate of drug-likeness (QED) is 0.444. The summed E-state index contributed by atoms with van der Waals surface area (Å²) < 4.78 is 0. The third-order valence-electron chi connectivity index (χ3n) is 6.57. The van der Waals surface area contributed by atoms with Gasteiger partial charge < -0.3 is 5.11 Å². The number of hydrogen-bond donors (Lipinski definition) is 1. The molecule has 0 bridgehead atoms. The molecule has 1 aliphatic rings. The molecule has 0 heterocycles. The Bertz CT molecular complexity index is 249. The fourth-order valence-corrected chi connectivity index (χ4v) is 4.62. The molecular weight excluding hydrogens is 328 g/mol. The van der Waals surface area contributed by atoms with Crippen LogP contribution in [0.4, 0.5) is 0 Å². The fourth-order valence-electron chi connectivity index (χ4n) is 4.62. The number of aliphatic hydroxyl groups excluding tert-OH is 1. The van der Waals surface area contributed by atoms with Gasteiger partial charge in [0.25, 0.3) is 0 Å². The molecule has 1 N–H and O–H groups in total. The summed E-state index contributed by atoms with van der Waals surface area (Å²) in [4.78, 5) is 0. The van der Waals surface area contributed by atoms with Crippen molar-refractivity contribution < 1.29 is 5.11 Å². The molecule has 162 valence electrons. The van der Waals surface area contributed by atoms with Crippen LogP contribution < -0.4 is 0 Å². The molecule has 27 heavy (non-hydrogen) atoms. The molecule has 0 radical (unpaired) electrons. The summed E-state index contributed by atoms with van der Waals surface area (Å²) in [6.45, 7) is 0. The van der Waals surface area contributed by atoms with Crippen molar-refractivity contribution in [1.82, 2.24) is 0 Å². The zero-order valence-corrected chi connectivity index (χ0v) is 18.7. The van der Waals surface area contributed by atoms with E-state index in [0.717, 1.165) is 12.8 Å². The van der Waals surface area contributed by atoms with Gasteiger partial charge >= 0.3 is 0 Å². The van der Waals surface area contributed by atoms with Gasteiger partial charge in [0.1, 0.15) is 0 Å². The molecule has 0 spiro atoms. The fraction of sp³-hybridized carbons (Fsp3) is 1.00. The Morgan fingerprint density at radius 2 is 0.407 bits per heavy atom. The van der Waals surface area contributed by atoms with Crippen molar-refractivity contribution in [2.45, 2.75) is 167 Å². The van der Waals surface area contributed by atoms with E-state index in [9.17, 15) is 5.11 Å². The maximum Gasteiger partial charge on any atom is 0.0540 e. The van der Waals surface area contributed by atoms with Gasteiger partial charge in [0.05, 0.1) is 6.10 Å². The van der Waals surface area contributed by atoms with Crippen LogP contribution in [0.2, 0.25) is 0 Å². The third-order valence-corrected chi connectivity index (χ3v) is 6.57. The third kappa shape index (κ3) is 19.1. The molecule has 1 rings (SSSR count). The van der Waals surface area contributed by atoms with E-state index < -0.39 is 0 Å². The number of rotatable bonds is 0. The van der Waals surface area contributed by atoms with Crippen LogP contribution in [0.5, 0.6) is 0 Å². The highest BCUT2D eigenvalue weighted by Gasteiger charge is 2.04. The first kappa shape index (κ1) is 25.0. The summed E-state index contributed by atoms with van der Waals surface area (Å²) >= 11 is 0. The minimum atomic E-state index is -0.0245. The summed E-state index contributed by atoms with van der Waals surface area (Å²) in [6, 6.07) is 0. The van der Waals surface area contributed by atoms with Crippen LogP contribution in [-0.2, 0) is 0 Å². The SMILES string of the molecule is OC1CCCCCCCCCCCCCCCCCCCCCCCCC1. The molecule has 0 aromatic carbocycles. The average Bonchev–Trinajstić information content (AvgIpc) is 2.67.